The van der Waals surface area contributed by atoms with Crippen molar-refractivity contribution in [3.05, 3.63) is 17.5 Å². The van der Waals surface area contributed by atoms with E-state index in [1.54, 1.807) is 0 Å². The summed E-state index contributed by atoms with van der Waals surface area (Å²) in [7, 11) is 0. The number of carbonyl (C=O) groups excluding carboxylic acids is 1. The molecular weight excluding hydrogens is 182 g/mol. The van der Waals surface area contributed by atoms with Gasteiger partial charge >= 0.3 is 0 Å². The van der Waals surface area contributed by atoms with E-state index in [2.05, 4.69) is 5.16 Å². The number of nitrogens with zero attached hydrogens (tertiary/aromatic N) is 1. The average Bonchev–Trinajstić information content (AvgIpc) is 2.67. The van der Waals surface area contributed by atoms with Crippen LogP contribution in [-0.4, -0.2) is 24.2 Å². The molecule has 4 nitrogen and oxygen atoms in total. The van der Waals surface area contributed by atoms with E-state index in [4.69, 9.17) is 9.26 Å². The molecule has 1 aliphatic rings. The molecule has 1 saturated heterocycles. The molecule has 4 heteroatoms. The molecule has 1 aromatic rings. The summed E-state index contributed by atoms with van der Waals surface area (Å²) in [5, 5.41) is 3.60. The highest BCUT2D eigenvalue weighted by Crippen LogP contribution is 2.18. The summed E-state index contributed by atoms with van der Waals surface area (Å²) in [4.78, 5) is 10.6. The number of aromatic nitrogens is 1. The van der Waals surface area contributed by atoms with Crippen molar-refractivity contribution >= 4 is 6.29 Å². The molecule has 0 N–H and O–H groups in total. The third-order valence-corrected chi connectivity index (χ3v) is 2.49. The monoisotopic (exact) mass is 195 g/mol. The van der Waals surface area contributed by atoms with Crippen LogP contribution in [0.2, 0.25) is 0 Å². The van der Waals surface area contributed by atoms with Crippen LogP contribution in [0.1, 0.15) is 35.4 Å². The predicted molar refractivity (Wildman–Crippen MR) is 49.2 cm³/mol. The molecular formula is C10H13NO3. The van der Waals surface area contributed by atoms with Crippen molar-refractivity contribution in [3.63, 3.8) is 0 Å². The normalized spacial score (nSPS) is 22.1. The van der Waals surface area contributed by atoms with Gasteiger partial charge in [0.25, 0.3) is 0 Å². The number of carbonyl (C=O) groups is 1. The first-order valence-electron chi connectivity index (χ1n) is 4.90. The summed E-state index contributed by atoms with van der Waals surface area (Å²) >= 11 is 0. The van der Waals surface area contributed by atoms with Gasteiger partial charge in [-0.05, 0) is 19.3 Å². The van der Waals surface area contributed by atoms with E-state index in [0.717, 1.165) is 25.7 Å². The molecule has 2 heterocycles. The van der Waals surface area contributed by atoms with Gasteiger partial charge in [-0.1, -0.05) is 5.16 Å². The molecule has 2 rings (SSSR count). The van der Waals surface area contributed by atoms with Crippen molar-refractivity contribution in [2.45, 2.75) is 31.8 Å². The molecule has 1 fully saturated rings. The van der Waals surface area contributed by atoms with Crippen LogP contribution in [0.5, 0.6) is 0 Å². The van der Waals surface area contributed by atoms with Crippen LogP contribution in [0.3, 0.4) is 0 Å². The van der Waals surface area contributed by atoms with Gasteiger partial charge in [0.2, 0.25) is 0 Å². The zero-order valence-electron chi connectivity index (χ0n) is 7.94. The summed E-state index contributed by atoms with van der Waals surface area (Å²) in [6.45, 7) is 0.815. The molecule has 0 radical (unpaired) electrons. The smallest absolute Gasteiger partial charge is 0.155 e. The van der Waals surface area contributed by atoms with Crippen molar-refractivity contribution in [1.29, 1.82) is 0 Å². The molecule has 0 spiro atoms. The molecule has 0 aromatic carbocycles. The van der Waals surface area contributed by atoms with Crippen molar-refractivity contribution in [1.82, 2.24) is 5.16 Å². The first-order valence-corrected chi connectivity index (χ1v) is 4.90. The van der Waals surface area contributed by atoms with Gasteiger partial charge in [0.1, 0.15) is 5.76 Å². The minimum absolute atomic E-state index is 0.190. The Labute approximate surface area is 82.2 Å². The maximum atomic E-state index is 10.6. The fourth-order valence-corrected chi connectivity index (χ4v) is 1.70. The number of hydrogen-bond acceptors (Lipinski definition) is 4. The van der Waals surface area contributed by atoms with Gasteiger partial charge < -0.3 is 9.26 Å². The maximum absolute atomic E-state index is 10.6. The quantitative estimate of drug-likeness (QED) is 0.687. The highest BCUT2D eigenvalue weighted by molar-refractivity contribution is 5.75. The zero-order chi connectivity index (χ0) is 9.80. The fourth-order valence-electron chi connectivity index (χ4n) is 1.70. The molecule has 1 aliphatic heterocycles. The lowest BCUT2D eigenvalue weighted by molar-refractivity contribution is 0.0131. The first-order chi connectivity index (χ1) is 6.90. The van der Waals surface area contributed by atoms with Crippen LogP contribution in [-0.2, 0) is 11.2 Å². The molecule has 0 bridgehead atoms. The maximum Gasteiger partial charge on any atom is 0.155 e. The fraction of sp³-hybridized carbons (Fsp3) is 0.600. The average molecular weight is 195 g/mol. The van der Waals surface area contributed by atoms with Crippen molar-refractivity contribution < 1.29 is 14.1 Å². The van der Waals surface area contributed by atoms with Gasteiger partial charge in [0.05, 0.1) is 17.9 Å². The van der Waals surface area contributed by atoms with E-state index in [0.29, 0.717) is 17.7 Å². The summed E-state index contributed by atoms with van der Waals surface area (Å²) in [5.74, 6) is 0.645. The van der Waals surface area contributed by atoms with Crippen LogP contribution in [0.25, 0.3) is 0 Å². The Hall–Kier alpha value is -1.16. The van der Waals surface area contributed by atoms with Gasteiger partial charge in [-0.3, -0.25) is 4.79 Å². The van der Waals surface area contributed by atoms with E-state index >= 15 is 0 Å². The minimum Gasteiger partial charge on any atom is -0.378 e. The largest absolute Gasteiger partial charge is 0.378 e. The van der Waals surface area contributed by atoms with E-state index < -0.39 is 0 Å². The molecule has 0 saturated carbocycles. The Bertz CT molecular complexity index is 302. The van der Waals surface area contributed by atoms with E-state index in [1.807, 2.05) is 0 Å². The number of ether oxygens (including phenoxy) is 1. The van der Waals surface area contributed by atoms with Crippen LogP contribution < -0.4 is 0 Å². The predicted octanol–water partition coefficient (Wildman–Crippen LogP) is 1.60. The molecule has 14 heavy (non-hydrogen) atoms. The lowest BCUT2D eigenvalue weighted by atomic mass is 10.0. The topological polar surface area (TPSA) is 52.3 Å². The molecule has 0 aliphatic carbocycles. The van der Waals surface area contributed by atoms with E-state index in [9.17, 15) is 4.79 Å². The lowest BCUT2D eigenvalue weighted by Gasteiger charge is -2.21. The molecule has 1 aromatic heterocycles. The molecule has 1 atom stereocenters. The van der Waals surface area contributed by atoms with E-state index in [-0.39, 0.29) is 6.10 Å². The minimum atomic E-state index is 0.190. The summed E-state index contributed by atoms with van der Waals surface area (Å²) in [6.07, 6.45) is 6.44. The van der Waals surface area contributed by atoms with Crippen molar-refractivity contribution in [3.8, 4) is 0 Å². The standard InChI is InChI=1S/C10H13NO3/c12-7-8-6-11-14-10(8)5-9-3-1-2-4-13-9/h6-7,9H,1-5H2. The van der Waals surface area contributed by atoms with Crippen molar-refractivity contribution in [2.75, 3.05) is 6.61 Å². The van der Waals surface area contributed by atoms with Crippen LogP contribution >= 0.6 is 0 Å². The molecule has 0 amide bonds. The lowest BCUT2D eigenvalue weighted by Crippen LogP contribution is -2.21. The third kappa shape index (κ3) is 2.01. The highest BCUT2D eigenvalue weighted by atomic mass is 16.5. The second-order valence-electron chi connectivity index (χ2n) is 3.51. The summed E-state index contributed by atoms with van der Waals surface area (Å²) in [6, 6.07) is 0. The van der Waals surface area contributed by atoms with Gasteiger partial charge in [-0.2, -0.15) is 0 Å². The Balaban J connectivity index is 1.98. The number of aldehydes is 1. The van der Waals surface area contributed by atoms with Crippen LogP contribution in [0, 0.1) is 0 Å². The zero-order valence-corrected chi connectivity index (χ0v) is 7.94. The first kappa shape index (κ1) is 9.40. The number of rotatable bonds is 3. The van der Waals surface area contributed by atoms with Crippen molar-refractivity contribution in [2.24, 2.45) is 0 Å². The highest BCUT2D eigenvalue weighted by Gasteiger charge is 2.18. The SMILES string of the molecule is O=Cc1cnoc1CC1CCCCO1. The molecule has 1 unspecified atom stereocenters. The Kier molecular flexibility index (Phi) is 2.93. The summed E-state index contributed by atoms with van der Waals surface area (Å²) in [5.41, 5.74) is 0.541. The molecule has 76 valence electrons. The van der Waals surface area contributed by atoms with Gasteiger partial charge in [-0.15, -0.1) is 0 Å². The van der Waals surface area contributed by atoms with Crippen LogP contribution in [0.4, 0.5) is 0 Å². The second-order valence-corrected chi connectivity index (χ2v) is 3.51. The Morgan fingerprint density at radius 3 is 3.21 bits per heavy atom. The third-order valence-electron chi connectivity index (χ3n) is 2.49. The Morgan fingerprint density at radius 1 is 1.57 bits per heavy atom. The van der Waals surface area contributed by atoms with Gasteiger partial charge in [-0.25, -0.2) is 0 Å². The van der Waals surface area contributed by atoms with Crippen LogP contribution in [0.15, 0.2) is 10.7 Å². The van der Waals surface area contributed by atoms with Gasteiger partial charge in [0, 0.05) is 13.0 Å². The van der Waals surface area contributed by atoms with E-state index in [1.165, 1.54) is 12.6 Å². The Morgan fingerprint density at radius 2 is 2.50 bits per heavy atom. The summed E-state index contributed by atoms with van der Waals surface area (Å²) < 4.78 is 10.5. The number of hydrogen-bond donors (Lipinski definition) is 0. The second kappa shape index (κ2) is 4.37. The van der Waals surface area contributed by atoms with Gasteiger partial charge in [0.15, 0.2) is 6.29 Å².